The molecule has 14 heavy (non-hydrogen) atoms. The lowest BCUT2D eigenvalue weighted by Gasteiger charge is -2.16. The van der Waals surface area contributed by atoms with Gasteiger partial charge in [0.1, 0.15) is 0 Å². The zero-order valence-electron chi connectivity index (χ0n) is 8.50. The highest BCUT2D eigenvalue weighted by atomic mass is 19.1. The van der Waals surface area contributed by atoms with Crippen LogP contribution in [0.25, 0.3) is 4.85 Å². The third kappa shape index (κ3) is 2.85. The van der Waals surface area contributed by atoms with E-state index >= 15 is 0 Å². The first kappa shape index (κ1) is 10.7. The topological polar surface area (TPSA) is 4.36 Å². The molecule has 1 rings (SSSR count). The van der Waals surface area contributed by atoms with Crippen LogP contribution < -0.4 is 0 Å². The van der Waals surface area contributed by atoms with E-state index in [1.165, 1.54) is 13.8 Å². The van der Waals surface area contributed by atoms with Gasteiger partial charge < -0.3 is 4.85 Å². The Balaban J connectivity index is 2.74. The van der Waals surface area contributed by atoms with Gasteiger partial charge in [-0.1, -0.05) is 30.3 Å². The van der Waals surface area contributed by atoms with Gasteiger partial charge in [0.2, 0.25) is 0 Å². The standard InChI is InChI=1S/C12H14FN/c1-12(2,13)11(14-3)9-10-7-5-4-6-8-10/h4-8,11H,9H2,1-2H3. The van der Waals surface area contributed by atoms with Crippen LogP contribution in [0, 0.1) is 6.57 Å². The van der Waals surface area contributed by atoms with Crippen LogP contribution in [-0.2, 0) is 6.42 Å². The van der Waals surface area contributed by atoms with Crippen molar-refractivity contribution in [2.75, 3.05) is 0 Å². The van der Waals surface area contributed by atoms with Crippen LogP contribution >= 0.6 is 0 Å². The van der Waals surface area contributed by atoms with Crippen LogP contribution in [-0.4, -0.2) is 11.7 Å². The lowest BCUT2D eigenvalue weighted by molar-refractivity contribution is 0.191. The predicted molar refractivity (Wildman–Crippen MR) is 55.7 cm³/mol. The van der Waals surface area contributed by atoms with Gasteiger partial charge in [-0.15, -0.1) is 0 Å². The molecule has 0 amide bonds. The van der Waals surface area contributed by atoms with Crippen LogP contribution in [0.1, 0.15) is 19.4 Å². The molecular weight excluding hydrogens is 177 g/mol. The summed E-state index contributed by atoms with van der Waals surface area (Å²) in [6.07, 6.45) is 0.480. The smallest absolute Gasteiger partial charge is 0.260 e. The summed E-state index contributed by atoms with van der Waals surface area (Å²) in [5.74, 6) is 0. The summed E-state index contributed by atoms with van der Waals surface area (Å²) >= 11 is 0. The molecule has 1 aromatic carbocycles. The van der Waals surface area contributed by atoms with E-state index in [0.29, 0.717) is 6.42 Å². The van der Waals surface area contributed by atoms with Crippen LogP contribution in [0.3, 0.4) is 0 Å². The monoisotopic (exact) mass is 191 g/mol. The molecule has 0 spiro atoms. The molecule has 1 unspecified atom stereocenters. The minimum absolute atomic E-state index is 0.480. The van der Waals surface area contributed by atoms with E-state index in [-0.39, 0.29) is 0 Å². The molecule has 0 aliphatic rings. The molecule has 2 heteroatoms. The molecule has 0 aromatic heterocycles. The van der Waals surface area contributed by atoms with E-state index in [4.69, 9.17) is 6.57 Å². The van der Waals surface area contributed by atoms with Gasteiger partial charge in [-0.2, -0.15) is 0 Å². The van der Waals surface area contributed by atoms with E-state index < -0.39 is 11.7 Å². The van der Waals surface area contributed by atoms with E-state index in [1.807, 2.05) is 30.3 Å². The fourth-order valence-electron chi connectivity index (χ4n) is 1.28. The summed E-state index contributed by atoms with van der Waals surface area (Å²) in [7, 11) is 0. The summed E-state index contributed by atoms with van der Waals surface area (Å²) in [6.45, 7) is 9.86. The van der Waals surface area contributed by atoms with Crippen molar-refractivity contribution < 1.29 is 4.39 Å². The number of rotatable bonds is 3. The highest BCUT2D eigenvalue weighted by molar-refractivity contribution is 5.18. The summed E-state index contributed by atoms with van der Waals surface area (Å²) in [5, 5.41) is 0. The normalized spacial score (nSPS) is 13.3. The molecule has 0 aliphatic carbocycles. The van der Waals surface area contributed by atoms with Crippen molar-refractivity contribution in [2.24, 2.45) is 0 Å². The van der Waals surface area contributed by atoms with Crippen LogP contribution in [0.5, 0.6) is 0 Å². The van der Waals surface area contributed by atoms with Gasteiger partial charge in [0, 0.05) is 0 Å². The van der Waals surface area contributed by atoms with Crippen molar-refractivity contribution in [3.63, 3.8) is 0 Å². The number of nitrogens with zero attached hydrogens (tertiary/aromatic N) is 1. The highest BCUT2D eigenvalue weighted by Crippen LogP contribution is 2.21. The maximum absolute atomic E-state index is 13.5. The fourth-order valence-corrected chi connectivity index (χ4v) is 1.28. The molecule has 0 aliphatic heterocycles. The van der Waals surface area contributed by atoms with Gasteiger partial charge in [-0.3, -0.25) is 0 Å². The van der Waals surface area contributed by atoms with Gasteiger partial charge in [-0.05, 0) is 19.4 Å². The molecule has 0 fully saturated rings. The molecule has 0 heterocycles. The van der Waals surface area contributed by atoms with Crippen molar-refractivity contribution in [1.82, 2.24) is 0 Å². The van der Waals surface area contributed by atoms with Crippen LogP contribution in [0.2, 0.25) is 0 Å². The SMILES string of the molecule is [C-]#[N+]C(Cc1ccccc1)C(C)(C)F. The number of alkyl halides is 1. The summed E-state index contributed by atoms with van der Waals surface area (Å²) in [4.78, 5) is 3.33. The molecule has 0 N–H and O–H groups in total. The van der Waals surface area contributed by atoms with Crippen molar-refractivity contribution in [3.05, 3.63) is 47.3 Å². The number of hydrogen-bond donors (Lipinski definition) is 0. The second-order valence-corrected chi connectivity index (χ2v) is 3.90. The fraction of sp³-hybridized carbons (Fsp3) is 0.417. The molecule has 1 nitrogen and oxygen atoms in total. The van der Waals surface area contributed by atoms with Gasteiger partial charge in [0.15, 0.2) is 5.67 Å². The van der Waals surface area contributed by atoms with Crippen molar-refractivity contribution in [3.8, 4) is 0 Å². The number of hydrogen-bond acceptors (Lipinski definition) is 0. The highest BCUT2D eigenvalue weighted by Gasteiger charge is 2.34. The molecule has 74 valence electrons. The molecule has 0 saturated carbocycles. The van der Waals surface area contributed by atoms with Crippen molar-refractivity contribution >= 4 is 0 Å². The van der Waals surface area contributed by atoms with Gasteiger partial charge in [0.05, 0.1) is 6.42 Å². The summed E-state index contributed by atoms with van der Waals surface area (Å²) < 4.78 is 13.5. The Labute approximate surface area is 84.4 Å². The Morgan fingerprint density at radius 1 is 1.36 bits per heavy atom. The second-order valence-electron chi connectivity index (χ2n) is 3.90. The third-order valence-corrected chi connectivity index (χ3v) is 2.22. The predicted octanol–water partition coefficient (Wildman–Crippen LogP) is 3.27. The Bertz CT molecular complexity index is 318. The molecule has 0 bridgehead atoms. The van der Waals surface area contributed by atoms with Gasteiger partial charge in [-0.25, -0.2) is 11.0 Å². The number of benzene rings is 1. The second kappa shape index (κ2) is 4.23. The Morgan fingerprint density at radius 3 is 2.36 bits per heavy atom. The van der Waals surface area contributed by atoms with Gasteiger partial charge >= 0.3 is 0 Å². The molecule has 1 aromatic rings. The third-order valence-electron chi connectivity index (χ3n) is 2.22. The minimum Gasteiger partial charge on any atom is -0.310 e. The van der Waals surface area contributed by atoms with Gasteiger partial charge in [0.25, 0.3) is 6.04 Å². The lowest BCUT2D eigenvalue weighted by atomic mass is 9.95. The van der Waals surface area contributed by atoms with Crippen molar-refractivity contribution in [2.45, 2.75) is 32.0 Å². The zero-order chi connectivity index (χ0) is 10.6. The van der Waals surface area contributed by atoms with E-state index in [9.17, 15) is 4.39 Å². The first-order valence-corrected chi connectivity index (χ1v) is 4.63. The lowest BCUT2D eigenvalue weighted by Crippen LogP contribution is -2.30. The average molecular weight is 191 g/mol. The van der Waals surface area contributed by atoms with E-state index in [1.54, 1.807) is 0 Å². The summed E-state index contributed by atoms with van der Waals surface area (Å²) in [6, 6.07) is 8.97. The Hall–Kier alpha value is -1.36. The van der Waals surface area contributed by atoms with Crippen LogP contribution in [0.15, 0.2) is 30.3 Å². The quantitative estimate of drug-likeness (QED) is 0.646. The molecular formula is C12H14FN. The number of halogens is 1. The minimum atomic E-state index is -1.43. The molecule has 0 radical (unpaired) electrons. The van der Waals surface area contributed by atoms with Crippen LogP contribution in [0.4, 0.5) is 4.39 Å². The first-order chi connectivity index (χ1) is 6.54. The zero-order valence-corrected chi connectivity index (χ0v) is 8.50. The first-order valence-electron chi connectivity index (χ1n) is 4.63. The summed E-state index contributed by atoms with van der Waals surface area (Å²) in [5.41, 5.74) is -0.420. The largest absolute Gasteiger partial charge is 0.310 e. The van der Waals surface area contributed by atoms with E-state index in [0.717, 1.165) is 5.56 Å². The Kier molecular flexibility index (Phi) is 3.24. The molecule has 0 saturated heterocycles. The maximum atomic E-state index is 13.5. The molecule has 1 atom stereocenters. The average Bonchev–Trinajstić information content (AvgIpc) is 2.14. The van der Waals surface area contributed by atoms with Crippen molar-refractivity contribution in [1.29, 1.82) is 0 Å². The Morgan fingerprint density at radius 2 is 1.93 bits per heavy atom. The van der Waals surface area contributed by atoms with E-state index in [2.05, 4.69) is 4.85 Å². The maximum Gasteiger partial charge on any atom is 0.260 e.